The normalized spacial score (nSPS) is 23.5. The second kappa shape index (κ2) is 4.23. The highest BCUT2D eigenvalue weighted by molar-refractivity contribution is 9.10. The van der Waals surface area contributed by atoms with E-state index < -0.39 is 5.97 Å². The Balaban J connectivity index is 1.80. The van der Waals surface area contributed by atoms with E-state index in [4.69, 9.17) is 5.11 Å². The standard InChI is InChI=1S/C11H12BrNO2/c12-8-1-3-9(4-2-8)13-6-7-5-10(7)11(14)15/h1-4,7,10,13H,5-6H2,(H,14,15). The van der Waals surface area contributed by atoms with Gasteiger partial charge in [-0.15, -0.1) is 0 Å². The lowest BCUT2D eigenvalue weighted by molar-refractivity contribution is -0.138. The Hall–Kier alpha value is -1.03. The maximum atomic E-state index is 10.6. The zero-order chi connectivity index (χ0) is 10.8. The molecule has 0 aromatic heterocycles. The number of hydrogen-bond acceptors (Lipinski definition) is 2. The first-order valence-corrected chi connectivity index (χ1v) is 5.68. The molecule has 4 heteroatoms. The number of nitrogens with one attached hydrogen (secondary N) is 1. The van der Waals surface area contributed by atoms with E-state index in [2.05, 4.69) is 21.2 Å². The van der Waals surface area contributed by atoms with Gasteiger partial charge in [-0.25, -0.2) is 0 Å². The summed E-state index contributed by atoms with van der Waals surface area (Å²) in [5, 5.41) is 12.0. The summed E-state index contributed by atoms with van der Waals surface area (Å²) in [6.07, 6.45) is 0.804. The van der Waals surface area contributed by atoms with Crippen LogP contribution in [0.5, 0.6) is 0 Å². The second-order valence-electron chi connectivity index (χ2n) is 3.83. The third-order valence-electron chi connectivity index (χ3n) is 2.65. The predicted octanol–water partition coefficient (Wildman–Crippen LogP) is 2.58. The van der Waals surface area contributed by atoms with Crippen molar-refractivity contribution >= 4 is 27.6 Å². The van der Waals surface area contributed by atoms with Gasteiger partial charge in [0.15, 0.2) is 0 Å². The van der Waals surface area contributed by atoms with Gasteiger partial charge in [0.1, 0.15) is 0 Å². The molecule has 80 valence electrons. The van der Waals surface area contributed by atoms with Gasteiger partial charge in [0.2, 0.25) is 0 Å². The maximum Gasteiger partial charge on any atom is 0.306 e. The van der Waals surface area contributed by atoms with Gasteiger partial charge < -0.3 is 10.4 Å². The van der Waals surface area contributed by atoms with E-state index in [9.17, 15) is 4.79 Å². The molecule has 2 unspecified atom stereocenters. The lowest BCUT2D eigenvalue weighted by Gasteiger charge is -2.04. The fraction of sp³-hybridized carbons (Fsp3) is 0.364. The summed E-state index contributed by atoms with van der Waals surface area (Å²) in [4.78, 5) is 10.6. The molecule has 0 heterocycles. The van der Waals surface area contributed by atoms with Crippen molar-refractivity contribution in [1.82, 2.24) is 0 Å². The Morgan fingerprint density at radius 1 is 1.47 bits per heavy atom. The number of anilines is 1. The van der Waals surface area contributed by atoms with Gasteiger partial charge in [-0.2, -0.15) is 0 Å². The van der Waals surface area contributed by atoms with E-state index in [1.54, 1.807) is 0 Å². The molecule has 1 aliphatic rings. The Morgan fingerprint density at radius 2 is 2.13 bits per heavy atom. The van der Waals surface area contributed by atoms with Crippen LogP contribution < -0.4 is 5.32 Å². The van der Waals surface area contributed by atoms with Gasteiger partial charge in [-0.3, -0.25) is 4.79 Å². The minimum atomic E-state index is -0.669. The van der Waals surface area contributed by atoms with E-state index >= 15 is 0 Å². The van der Waals surface area contributed by atoms with Crippen LogP contribution in [0.3, 0.4) is 0 Å². The van der Waals surface area contributed by atoms with Crippen LogP contribution in [0, 0.1) is 11.8 Å². The van der Waals surface area contributed by atoms with Crippen molar-refractivity contribution < 1.29 is 9.90 Å². The number of carboxylic acid groups (broad SMARTS) is 1. The number of carboxylic acids is 1. The number of hydrogen-bond donors (Lipinski definition) is 2. The van der Waals surface area contributed by atoms with Crippen LogP contribution in [0.2, 0.25) is 0 Å². The molecule has 2 atom stereocenters. The highest BCUT2D eigenvalue weighted by Gasteiger charge is 2.42. The van der Waals surface area contributed by atoms with E-state index in [1.165, 1.54) is 0 Å². The van der Waals surface area contributed by atoms with Crippen LogP contribution in [0.1, 0.15) is 6.42 Å². The van der Waals surface area contributed by atoms with Crippen LogP contribution in [-0.4, -0.2) is 17.6 Å². The average Bonchev–Trinajstić information content (AvgIpc) is 2.96. The highest BCUT2D eigenvalue weighted by Crippen LogP contribution is 2.38. The molecule has 1 fully saturated rings. The quantitative estimate of drug-likeness (QED) is 0.884. The zero-order valence-electron chi connectivity index (χ0n) is 8.11. The van der Waals surface area contributed by atoms with Crippen molar-refractivity contribution in [3.8, 4) is 0 Å². The number of halogens is 1. The van der Waals surface area contributed by atoms with Crippen molar-refractivity contribution in [3.05, 3.63) is 28.7 Å². The molecule has 1 aromatic rings. The van der Waals surface area contributed by atoms with Crippen molar-refractivity contribution in [3.63, 3.8) is 0 Å². The molecule has 0 amide bonds. The first-order valence-electron chi connectivity index (χ1n) is 4.89. The summed E-state index contributed by atoms with van der Waals surface area (Å²) in [5.74, 6) is -0.503. The fourth-order valence-corrected chi connectivity index (χ4v) is 1.86. The first-order chi connectivity index (χ1) is 7.16. The molecule has 0 aliphatic heterocycles. The van der Waals surface area contributed by atoms with Crippen LogP contribution in [0.15, 0.2) is 28.7 Å². The summed E-state index contributed by atoms with van der Waals surface area (Å²) >= 11 is 3.36. The van der Waals surface area contributed by atoms with Gasteiger partial charge in [0.05, 0.1) is 5.92 Å². The van der Waals surface area contributed by atoms with Gasteiger partial charge in [-0.05, 0) is 36.6 Å². The Morgan fingerprint density at radius 3 is 2.67 bits per heavy atom. The van der Waals surface area contributed by atoms with Crippen molar-refractivity contribution in [2.75, 3.05) is 11.9 Å². The van der Waals surface area contributed by atoms with E-state index in [1.807, 2.05) is 24.3 Å². The van der Waals surface area contributed by atoms with Crippen LogP contribution >= 0.6 is 15.9 Å². The molecule has 2 N–H and O–H groups in total. The van der Waals surface area contributed by atoms with Gasteiger partial charge in [0.25, 0.3) is 0 Å². The molecule has 0 radical (unpaired) electrons. The van der Waals surface area contributed by atoms with Crippen LogP contribution in [0.4, 0.5) is 5.69 Å². The minimum Gasteiger partial charge on any atom is -0.481 e. The second-order valence-corrected chi connectivity index (χ2v) is 4.74. The molecule has 1 aromatic carbocycles. The predicted molar refractivity (Wildman–Crippen MR) is 61.9 cm³/mol. The van der Waals surface area contributed by atoms with Gasteiger partial charge >= 0.3 is 5.97 Å². The Kier molecular flexibility index (Phi) is 2.95. The van der Waals surface area contributed by atoms with Crippen molar-refractivity contribution in [2.45, 2.75) is 6.42 Å². The maximum absolute atomic E-state index is 10.6. The molecule has 0 bridgehead atoms. The summed E-state index contributed by atoms with van der Waals surface area (Å²) < 4.78 is 1.04. The Bertz CT molecular complexity index is 363. The lowest BCUT2D eigenvalue weighted by atomic mass is 10.3. The third kappa shape index (κ3) is 2.72. The molecule has 0 saturated heterocycles. The molecule has 1 saturated carbocycles. The van der Waals surface area contributed by atoms with Gasteiger partial charge in [0, 0.05) is 16.7 Å². The van der Waals surface area contributed by atoms with Gasteiger partial charge in [-0.1, -0.05) is 15.9 Å². The smallest absolute Gasteiger partial charge is 0.306 e. The molecule has 3 nitrogen and oxygen atoms in total. The SMILES string of the molecule is O=C(O)C1CC1CNc1ccc(Br)cc1. The summed E-state index contributed by atoms with van der Waals surface area (Å²) in [6.45, 7) is 0.749. The summed E-state index contributed by atoms with van der Waals surface area (Å²) in [7, 11) is 0. The number of rotatable bonds is 4. The molecule has 1 aliphatic carbocycles. The fourth-order valence-electron chi connectivity index (χ4n) is 1.59. The molecule has 2 rings (SSSR count). The number of benzene rings is 1. The third-order valence-corrected chi connectivity index (χ3v) is 3.18. The van der Waals surface area contributed by atoms with E-state index in [-0.39, 0.29) is 5.92 Å². The topological polar surface area (TPSA) is 49.3 Å². The number of aliphatic carboxylic acids is 1. The molecule has 15 heavy (non-hydrogen) atoms. The lowest BCUT2D eigenvalue weighted by Crippen LogP contribution is -2.08. The van der Waals surface area contributed by atoms with E-state index in [0.29, 0.717) is 5.92 Å². The molecular weight excluding hydrogens is 258 g/mol. The van der Waals surface area contributed by atoms with Crippen LogP contribution in [-0.2, 0) is 4.79 Å². The molecular formula is C11H12BrNO2. The summed E-state index contributed by atoms with van der Waals surface area (Å²) in [5.41, 5.74) is 1.04. The average molecular weight is 270 g/mol. The number of carbonyl (C=O) groups is 1. The zero-order valence-corrected chi connectivity index (χ0v) is 9.70. The Labute approximate surface area is 96.6 Å². The highest BCUT2D eigenvalue weighted by atomic mass is 79.9. The summed E-state index contributed by atoms with van der Waals surface area (Å²) in [6, 6.07) is 7.87. The van der Waals surface area contributed by atoms with Crippen molar-refractivity contribution in [1.29, 1.82) is 0 Å². The van der Waals surface area contributed by atoms with E-state index in [0.717, 1.165) is 23.1 Å². The first kappa shape index (κ1) is 10.5. The monoisotopic (exact) mass is 269 g/mol. The largest absolute Gasteiger partial charge is 0.481 e. The van der Waals surface area contributed by atoms with Crippen molar-refractivity contribution in [2.24, 2.45) is 11.8 Å². The van der Waals surface area contributed by atoms with Crippen LogP contribution in [0.25, 0.3) is 0 Å². The molecule has 0 spiro atoms. The minimum absolute atomic E-state index is 0.132.